The van der Waals surface area contributed by atoms with Crippen LogP contribution >= 0.6 is 0 Å². The van der Waals surface area contributed by atoms with Crippen molar-refractivity contribution in [3.8, 4) is 0 Å². The molecule has 1 aliphatic heterocycles. The first kappa shape index (κ1) is 13.8. The molecule has 0 aromatic heterocycles. The van der Waals surface area contributed by atoms with E-state index < -0.39 is 13.9 Å². The number of hydrogen-bond acceptors (Lipinski definition) is 3. The van der Waals surface area contributed by atoms with Crippen LogP contribution in [0.3, 0.4) is 0 Å². The zero-order valence-corrected chi connectivity index (χ0v) is 13.1. The van der Waals surface area contributed by atoms with Gasteiger partial charge in [-0.15, -0.1) is 0 Å². The normalized spacial score (nSPS) is 32.3. The molecule has 3 nitrogen and oxygen atoms in total. The molecule has 2 atom stereocenters. The minimum absolute atomic E-state index is 0.0427. The van der Waals surface area contributed by atoms with Crippen molar-refractivity contribution in [1.82, 2.24) is 0 Å². The summed E-state index contributed by atoms with van der Waals surface area (Å²) in [6.45, 7) is 11.2. The summed E-state index contributed by atoms with van der Waals surface area (Å²) in [6, 6.07) is 0. The van der Waals surface area contributed by atoms with Crippen LogP contribution < -0.4 is 0 Å². The molecular formula is C14H24O3Si. The van der Waals surface area contributed by atoms with Gasteiger partial charge in [-0.25, -0.2) is 4.79 Å². The van der Waals surface area contributed by atoms with Crippen LogP contribution in [0.25, 0.3) is 0 Å². The molecule has 0 aromatic carbocycles. The number of carbonyl (C=O) groups is 1. The number of esters is 1. The lowest BCUT2D eigenvalue weighted by molar-refractivity contribution is -0.151. The van der Waals surface area contributed by atoms with Crippen molar-refractivity contribution in [3.05, 3.63) is 12.2 Å². The second-order valence-corrected chi connectivity index (χ2v) is 11.7. The Morgan fingerprint density at radius 2 is 2.11 bits per heavy atom. The molecule has 0 radical (unpaired) electrons. The van der Waals surface area contributed by atoms with Crippen molar-refractivity contribution in [2.45, 2.75) is 69.9 Å². The van der Waals surface area contributed by atoms with E-state index >= 15 is 0 Å². The van der Waals surface area contributed by atoms with Gasteiger partial charge in [0.1, 0.15) is 0 Å². The fraction of sp³-hybridized carbons (Fsp3) is 0.786. The van der Waals surface area contributed by atoms with Crippen molar-refractivity contribution in [2.24, 2.45) is 0 Å². The minimum atomic E-state index is -1.81. The van der Waals surface area contributed by atoms with Gasteiger partial charge in [0.25, 0.3) is 0 Å². The van der Waals surface area contributed by atoms with Gasteiger partial charge >= 0.3 is 5.97 Å². The van der Waals surface area contributed by atoms with E-state index in [0.29, 0.717) is 0 Å². The summed E-state index contributed by atoms with van der Waals surface area (Å²) in [6.07, 6.45) is 6.46. The largest absolute Gasteiger partial charge is 0.449 e. The Bertz CT molecular complexity index is 381. The molecule has 4 heteroatoms. The topological polar surface area (TPSA) is 35.5 Å². The lowest BCUT2D eigenvalue weighted by Gasteiger charge is -2.41. The molecule has 1 fully saturated rings. The van der Waals surface area contributed by atoms with Crippen LogP contribution in [-0.4, -0.2) is 26.0 Å². The Kier molecular flexibility index (Phi) is 3.22. The lowest BCUT2D eigenvalue weighted by atomic mass is 10.0. The van der Waals surface area contributed by atoms with Crippen molar-refractivity contribution in [2.75, 3.05) is 0 Å². The third-order valence-corrected chi connectivity index (χ3v) is 9.10. The minimum Gasteiger partial charge on any atom is -0.449 e. The second kappa shape index (κ2) is 4.20. The summed E-state index contributed by atoms with van der Waals surface area (Å²) < 4.78 is 12.0. The molecule has 0 N–H and O–H groups in total. The fourth-order valence-electron chi connectivity index (χ4n) is 2.43. The van der Waals surface area contributed by atoms with E-state index in [2.05, 4.69) is 33.9 Å². The smallest absolute Gasteiger partial charge is 0.331 e. The predicted octanol–water partition coefficient (Wildman–Crippen LogP) is 3.41. The van der Waals surface area contributed by atoms with E-state index in [4.69, 9.17) is 9.16 Å². The Labute approximate surface area is 111 Å². The summed E-state index contributed by atoms with van der Waals surface area (Å²) in [5.41, 5.74) is -0.466. The molecule has 0 saturated heterocycles. The highest BCUT2D eigenvalue weighted by Crippen LogP contribution is 2.45. The van der Waals surface area contributed by atoms with Crippen LogP contribution in [0.4, 0.5) is 0 Å². The highest BCUT2D eigenvalue weighted by atomic mass is 28.4. The molecule has 1 heterocycles. The predicted molar refractivity (Wildman–Crippen MR) is 73.9 cm³/mol. The maximum atomic E-state index is 11.4. The van der Waals surface area contributed by atoms with Crippen LogP contribution in [-0.2, 0) is 14.0 Å². The van der Waals surface area contributed by atoms with Crippen LogP contribution in [0.1, 0.15) is 40.0 Å². The van der Waals surface area contributed by atoms with E-state index in [1.807, 2.05) is 6.08 Å². The van der Waals surface area contributed by atoms with Crippen LogP contribution in [0.15, 0.2) is 12.2 Å². The molecule has 1 aliphatic carbocycles. The molecule has 0 aromatic rings. The molecule has 1 saturated carbocycles. The van der Waals surface area contributed by atoms with E-state index in [-0.39, 0.29) is 17.1 Å². The summed E-state index contributed by atoms with van der Waals surface area (Å²) in [7, 11) is -1.81. The maximum absolute atomic E-state index is 11.4. The average molecular weight is 268 g/mol. The molecule has 0 bridgehead atoms. The summed E-state index contributed by atoms with van der Waals surface area (Å²) in [5.74, 6) is -0.222. The zero-order valence-electron chi connectivity index (χ0n) is 12.1. The van der Waals surface area contributed by atoms with Crippen molar-refractivity contribution in [3.63, 3.8) is 0 Å². The quantitative estimate of drug-likeness (QED) is 0.568. The van der Waals surface area contributed by atoms with Gasteiger partial charge in [0.2, 0.25) is 0 Å². The van der Waals surface area contributed by atoms with E-state index in [1.54, 1.807) is 6.08 Å². The first-order valence-electron chi connectivity index (χ1n) is 6.76. The Morgan fingerprint density at radius 1 is 1.44 bits per heavy atom. The number of ether oxygens (including phenoxy) is 1. The summed E-state index contributed by atoms with van der Waals surface area (Å²) >= 11 is 0. The first-order valence-corrected chi connectivity index (χ1v) is 9.67. The second-order valence-electron chi connectivity index (χ2n) is 6.97. The van der Waals surface area contributed by atoms with Gasteiger partial charge in [0.15, 0.2) is 13.9 Å². The van der Waals surface area contributed by atoms with Crippen molar-refractivity contribution < 1.29 is 14.0 Å². The molecular weight excluding hydrogens is 244 g/mol. The van der Waals surface area contributed by atoms with Gasteiger partial charge in [0, 0.05) is 6.08 Å². The molecule has 102 valence electrons. The molecule has 2 rings (SSSR count). The fourth-order valence-corrected chi connectivity index (χ4v) is 3.81. The number of rotatable bonds is 2. The maximum Gasteiger partial charge on any atom is 0.331 e. The monoisotopic (exact) mass is 268 g/mol. The SMILES string of the molecule is CC(C)(C)[Si](C)(C)O[C@H]1CCC[C@]12C=CC(=O)O2. The zero-order chi connectivity index (χ0) is 13.6. The average Bonchev–Trinajstić information content (AvgIpc) is 2.74. The molecule has 0 amide bonds. The van der Waals surface area contributed by atoms with Crippen LogP contribution in [0.5, 0.6) is 0 Å². The third-order valence-electron chi connectivity index (χ3n) is 4.61. The number of carbonyl (C=O) groups excluding carboxylic acids is 1. The van der Waals surface area contributed by atoms with Crippen molar-refractivity contribution in [1.29, 1.82) is 0 Å². The summed E-state index contributed by atoms with van der Waals surface area (Å²) in [4.78, 5) is 11.4. The number of hydrogen-bond donors (Lipinski definition) is 0. The lowest BCUT2D eigenvalue weighted by Crippen LogP contribution is -2.49. The molecule has 2 aliphatic rings. The van der Waals surface area contributed by atoms with E-state index in [9.17, 15) is 4.79 Å². The van der Waals surface area contributed by atoms with E-state index in [0.717, 1.165) is 19.3 Å². The van der Waals surface area contributed by atoms with Gasteiger partial charge in [-0.05, 0) is 43.5 Å². The van der Waals surface area contributed by atoms with Gasteiger partial charge in [-0.1, -0.05) is 20.8 Å². The first-order chi connectivity index (χ1) is 8.16. The molecule has 0 unspecified atom stereocenters. The van der Waals surface area contributed by atoms with Gasteiger partial charge in [-0.2, -0.15) is 0 Å². The van der Waals surface area contributed by atoms with Gasteiger partial charge in [0.05, 0.1) is 6.10 Å². The Balaban J connectivity index is 2.15. The van der Waals surface area contributed by atoms with Crippen LogP contribution in [0.2, 0.25) is 18.1 Å². The summed E-state index contributed by atoms with van der Waals surface area (Å²) in [5, 5.41) is 0.184. The standard InChI is InChI=1S/C14H24O3Si/c1-13(2,3)18(4,5)17-11-7-6-9-14(11)10-8-12(15)16-14/h8,10-11H,6-7,9H2,1-5H3/t11-,14-/m0/s1. The molecule has 18 heavy (non-hydrogen) atoms. The van der Waals surface area contributed by atoms with Crippen molar-refractivity contribution >= 4 is 14.3 Å². The molecule has 1 spiro atoms. The van der Waals surface area contributed by atoms with E-state index in [1.165, 1.54) is 0 Å². The third kappa shape index (κ3) is 2.28. The highest BCUT2D eigenvalue weighted by Gasteiger charge is 2.51. The Hall–Kier alpha value is -0.613. The van der Waals surface area contributed by atoms with Gasteiger partial charge in [-0.3, -0.25) is 0 Å². The Morgan fingerprint density at radius 3 is 2.61 bits per heavy atom. The van der Waals surface area contributed by atoms with Gasteiger partial charge < -0.3 is 9.16 Å². The van der Waals surface area contributed by atoms with Crippen LogP contribution in [0, 0.1) is 0 Å². The highest BCUT2D eigenvalue weighted by molar-refractivity contribution is 6.74.